The molecule has 1 aromatic heterocycles. The molecule has 1 unspecified atom stereocenters. The second-order valence-corrected chi connectivity index (χ2v) is 5.82. The van der Waals surface area contributed by atoms with Crippen LogP contribution in [0.25, 0.3) is 0 Å². The van der Waals surface area contributed by atoms with Crippen molar-refractivity contribution in [2.45, 2.75) is 31.8 Å². The molecule has 1 N–H and O–H groups in total. The number of hydrogen-bond acceptors (Lipinski definition) is 5. The van der Waals surface area contributed by atoms with E-state index in [9.17, 15) is 10.1 Å². The molecule has 0 radical (unpaired) electrons. The lowest BCUT2D eigenvalue weighted by atomic mass is 10.3. The maximum absolute atomic E-state index is 11.0. The average Bonchev–Trinajstić information content (AvgIpc) is 3.20. The van der Waals surface area contributed by atoms with Crippen molar-refractivity contribution in [3.05, 3.63) is 26.9 Å². The van der Waals surface area contributed by atoms with E-state index in [0.717, 1.165) is 0 Å². The zero-order valence-electron chi connectivity index (χ0n) is 11.0. The third-order valence-electron chi connectivity index (χ3n) is 3.41. The van der Waals surface area contributed by atoms with Crippen LogP contribution in [0.4, 0.5) is 11.5 Å². The highest BCUT2D eigenvalue weighted by atomic mass is 79.9. The van der Waals surface area contributed by atoms with Crippen LogP contribution >= 0.6 is 15.9 Å². The quantitative estimate of drug-likeness (QED) is 0.642. The summed E-state index contributed by atoms with van der Waals surface area (Å²) < 4.78 is 0.605. The first-order valence-electron chi connectivity index (χ1n) is 6.24. The molecule has 19 heavy (non-hydrogen) atoms. The fourth-order valence-corrected chi connectivity index (χ4v) is 2.25. The van der Waals surface area contributed by atoms with Crippen molar-refractivity contribution in [2.24, 2.45) is 0 Å². The van der Waals surface area contributed by atoms with E-state index in [1.807, 2.05) is 0 Å². The van der Waals surface area contributed by atoms with Gasteiger partial charge >= 0.3 is 5.69 Å². The Balaban J connectivity index is 2.00. The normalized spacial score (nSPS) is 16.4. The Labute approximate surface area is 120 Å². The van der Waals surface area contributed by atoms with Crippen molar-refractivity contribution < 1.29 is 4.92 Å². The number of aromatic nitrogens is 1. The number of anilines is 1. The van der Waals surface area contributed by atoms with Gasteiger partial charge in [0.05, 0.1) is 4.92 Å². The van der Waals surface area contributed by atoms with Crippen LogP contribution in [0.2, 0.25) is 0 Å². The van der Waals surface area contributed by atoms with Crippen LogP contribution < -0.4 is 5.32 Å². The van der Waals surface area contributed by atoms with Crippen LogP contribution in [-0.2, 0) is 0 Å². The number of nitro groups is 1. The molecule has 0 aliphatic heterocycles. The van der Waals surface area contributed by atoms with E-state index in [2.05, 4.69) is 45.1 Å². The molecule has 0 bridgehead atoms. The Morgan fingerprint density at radius 2 is 2.37 bits per heavy atom. The highest BCUT2D eigenvalue weighted by molar-refractivity contribution is 9.10. The fraction of sp³-hybridized carbons (Fsp3) is 0.583. The van der Waals surface area contributed by atoms with E-state index in [1.165, 1.54) is 18.9 Å². The van der Waals surface area contributed by atoms with E-state index < -0.39 is 4.92 Å². The first kappa shape index (κ1) is 14.2. The molecule has 2 rings (SSSR count). The molecule has 0 spiro atoms. The minimum absolute atomic E-state index is 0.00403. The molecule has 1 aromatic rings. The summed E-state index contributed by atoms with van der Waals surface area (Å²) in [4.78, 5) is 16.9. The van der Waals surface area contributed by atoms with E-state index in [4.69, 9.17) is 0 Å². The molecule has 104 valence electrons. The minimum atomic E-state index is -0.421. The van der Waals surface area contributed by atoms with Gasteiger partial charge in [-0.2, -0.15) is 0 Å². The lowest BCUT2D eigenvalue weighted by molar-refractivity contribution is -0.384. The van der Waals surface area contributed by atoms with E-state index >= 15 is 0 Å². The molecule has 1 heterocycles. The first-order chi connectivity index (χ1) is 8.99. The fourth-order valence-electron chi connectivity index (χ4n) is 1.93. The second-order valence-electron chi connectivity index (χ2n) is 4.90. The molecule has 0 saturated heterocycles. The molecule has 1 saturated carbocycles. The van der Waals surface area contributed by atoms with Crippen LogP contribution in [0.3, 0.4) is 0 Å². The van der Waals surface area contributed by atoms with Crippen LogP contribution in [0.15, 0.2) is 16.7 Å². The van der Waals surface area contributed by atoms with Crippen LogP contribution in [0.1, 0.15) is 19.8 Å². The number of likely N-dealkylation sites (N-methyl/N-ethyl adjacent to an activating group) is 1. The van der Waals surface area contributed by atoms with Crippen molar-refractivity contribution in [2.75, 3.05) is 18.9 Å². The summed E-state index contributed by atoms with van der Waals surface area (Å²) in [5.41, 5.74) is -0.00403. The number of pyridine rings is 1. The van der Waals surface area contributed by atoms with Crippen molar-refractivity contribution in [1.29, 1.82) is 0 Å². The van der Waals surface area contributed by atoms with Crippen LogP contribution in [0, 0.1) is 10.1 Å². The molecular weight excluding hydrogens is 312 g/mol. The predicted molar refractivity (Wildman–Crippen MR) is 77.3 cm³/mol. The second kappa shape index (κ2) is 5.83. The average molecular weight is 329 g/mol. The molecule has 1 aliphatic rings. The summed E-state index contributed by atoms with van der Waals surface area (Å²) in [6.45, 7) is 2.75. The Bertz CT molecular complexity index is 479. The molecule has 1 aliphatic carbocycles. The molecular formula is C12H17BrN4O2. The molecule has 0 aromatic carbocycles. The summed E-state index contributed by atoms with van der Waals surface area (Å²) in [6.07, 6.45) is 4.06. The number of rotatable bonds is 6. The van der Waals surface area contributed by atoms with Gasteiger partial charge in [0.15, 0.2) is 0 Å². The topological polar surface area (TPSA) is 71.3 Å². The van der Waals surface area contributed by atoms with Gasteiger partial charge in [0.1, 0.15) is 0 Å². The zero-order chi connectivity index (χ0) is 14.0. The lowest BCUT2D eigenvalue weighted by Crippen LogP contribution is -2.36. The summed E-state index contributed by atoms with van der Waals surface area (Å²) in [6, 6.07) is 2.45. The third kappa shape index (κ3) is 3.63. The monoisotopic (exact) mass is 328 g/mol. The largest absolute Gasteiger partial charge is 0.363 e. The van der Waals surface area contributed by atoms with Crippen molar-refractivity contribution in [3.8, 4) is 0 Å². The van der Waals surface area contributed by atoms with Crippen molar-refractivity contribution >= 4 is 27.4 Å². The van der Waals surface area contributed by atoms with Gasteiger partial charge in [0.25, 0.3) is 0 Å². The Hall–Kier alpha value is -1.21. The van der Waals surface area contributed by atoms with E-state index in [0.29, 0.717) is 28.9 Å². The number of nitrogens with one attached hydrogen (secondary N) is 1. The third-order valence-corrected chi connectivity index (χ3v) is 3.85. The number of nitrogens with zero attached hydrogens (tertiary/aromatic N) is 3. The van der Waals surface area contributed by atoms with Gasteiger partial charge in [0, 0.05) is 35.4 Å². The van der Waals surface area contributed by atoms with Crippen LogP contribution in [0.5, 0.6) is 0 Å². The summed E-state index contributed by atoms with van der Waals surface area (Å²) in [5, 5.41) is 14.0. The summed E-state index contributed by atoms with van der Waals surface area (Å²) >= 11 is 3.19. The van der Waals surface area contributed by atoms with Gasteiger partial charge in [-0.05, 0) is 42.7 Å². The Kier molecular flexibility index (Phi) is 4.36. The molecule has 0 amide bonds. The van der Waals surface area contributed by atoms with Crippen molar-refractivity contribution in [1.82, 2.24) is 9.88 Å². The number of hydrogen-bond donors (Lipinski definition) is 1. The standard InChI is InChI=1S/C12H17BrN4O2/c1-8(16(2)10-3-4-10)6-14-12-11(17(18)19)5-9(13)7-15-12/h5,7-8,10H,3-4,6H2,1-2H3,(H,14,15). The maximum atomic E-state index is 11.0. The number of halogens is 1. The van der Waals surface area contributed by atoms with Crippen LogP contribution in [-0.4, -0.2) is 40.5 Å². The SMILES string of the molecule is CC(CNc1ncc(Br)cc1[N+](=O)[O-])N(C)C1CC1. The predicted octanol–water partition coefficient (Wildman–Crippen LogP) is 2.65. The highest BCUT2D eigenvalue weighted by Crippen LogP contribution is 2.28. The molecule has 6 nitrogen and oxygen atoms in total. The van der Waals surface area contributed by atoms with Gasteiger partial charge < -0.3 is 5.32 Å². The first-order valence-corrected chi connectivity index (χ1v) is 7.04. The molecule has 1 fully saturated rings. The van der Waals surface area contributed by atoms with E-state index in [-0.39, 0.29) is 5.69 Å². The lowest BCUT2D eigenvalue weighted by Gasteiger charge is -2.24. The maximum Gasteiger partial charge on any atom is 0.312 e. The smallest absolute Gasteiger partial charge is 0.312 e. The van der Waals surface area contributed by atoms with E-state index in [1.54, 1.807) is 6.20 Å². The van der Waals surface area contributed by atoms with Gasteiger partial charge in [-0.15, -0.1) is 0 Å². The minimum Gasteiger partial charge on any atom is -0.363 e. The van der Waals surface area contributed by atoms with Crippen molar-refractivity contribution in [3.63, 3.8) is 0 Å². The van der Waals surface area contributed by atoms with Gasteiger partial charge in [-0.3, -0.25) is 15.0 Å². The van der Waals surface area contributed by atoms with Gasteiger partial charge in [-0.1, -0.05) is 0 Å². The molecule has 1 atom stereocenters. The Morgan fingerprint density at radius 1 is 1.68 bits per heavy atom. The Morgan fingerprint density at radius 3 is 2.95 bits per heavy atom. The zero-order valence-corrected chi connectivity index (χ0v) is 12.6. The summed E-state index contributed by atoms with van der Waals surface area (Å²) in [7, 11) is 2.09. The highest BCUT2D eigenvalue weighted by Gasteiger charge is 2.29. The molecule has 7 heteroatoms. The van der Waals surface area contributed by atoms with Gasteiger partial charge in [0.2, 0.25) is 5.82 Å². The van der Waals surface area contributed by atoms with Gasteiger partial charge in [-0.25, -0.2) is 4.98 Å². The summed E-state index contributed by atoms with van der Waals surface area (Å²) in [5.74, 6) is 0.323.